The third-order valence-electron chi connectivity index (χ3n) is 1.71. The molecule has 0 spiro atoms. The molecule has 0 aliphatic heterocycles. The second-order valence-corrected chi connectivity index (χ2v) is 3.80. The van der Waals surface area contributed by atoms with Crippen LogP contribution in [0.5, 0.6) is 5.75 Å². The van der Waals surface area contributed by atoms with Crippen molar-refractivity contribution in [2.24, 2.45) is 0 Å². The Labute approximate surface area is 91.8 Å². The van der Waals surface area contributed by atoms with E-state index in [4.69, 9.17) is 4.74 Å². The van der Waals surface area contributed by atoms with E-state index in [0.717, 1.165) is 16.6 Å². The number of ether oxygens (including phenoxy) is 1. The fraction of sp³-hybridized carbons (Fsp3) is 0.300. The van der Waals surface area contributed by atoms with Crippen LogP contribution in [0.3, 0.4) is 0 Å². The molecule has 1 aromatic rings. The molecule has 0 saturated heterocycles. The van der Waals surface area contributed by atoms with Gasteiger partial charge >= 0.3 is 0 Å². The van der Waals surface area contributed by atoms with Gasteiger partial charge in [-0.25, -0.2) is 0 Å². The van der Waals surface area contributed by atoms with Crippen molar-refractivity contribution in [1.29, 1.82) is 0 Å². The molecule has 4 heteroatoms. The first-order chi connectivity index (χ1) is 6.72. The second-order valence-electron chi connectivity index (χ2n) is 2.89. The average molecular weight is 258 g/mol. The van der Waals surface area contributed by atoms with Gasteiger partial charge in [-0.2, -0.15) is 0 Å². The lowest BCUT2D eigenvalue weighted by molar-refractivity contribution is -0.117. The summed E-state index contributed by atoms with van der Waals surface area (Å²) in [6, 6.07) is 7.59. The molecular formula is C10H12BrNO2. The lowest BCUT2D eigenvalue weighted by Gasteiger charge is -2.11. The van der Waals surface area contributed by atoms with Crippen molar-refractivity contribution in [3.63, 3.8) is 0 Å². The number of likely N-dealkylation sites (N-methyl/N-ethyl adjacent to an activating group) is 1. The van der Waals surface area contributed by atoms with Crippen molar-refractivity contribution in [2.75, 3.05) is 20.2 Å². The van der Waals surface area contributed by atoms with Crippen molar-refractivity contribution in [2.45, 2.75) is 0 Å². The number of rotatable bonds is 5. The summed E-state index contributed by atoms with van der Waals surface area (Å²) >= 11 is 3.34. The molecule has 0 atom stereocenters. The highest BCUT2D eigenvalue weighted by Crippen LogP contribution is 2.15. The van der Waals surface area contributed by atoms with Gasteiger partial charge in [0.05, 0.1) is 6.54 Å². The topological polar surface area (TPSA) is 29.5 Å². The molecule has 1 amide bonds. The van der Waals surface area contributed by atoms with Crippen LogP contribution in [-0.2, 0) is 4.79 Å². The van der Waals surface area contributed by atoms with E-state index >= 15 is 0 Å². The van der Waals surface area contributed by atoms with Gasteiger partial charge in [0.1, 0.15) is 12.4 Å². The number of benzene rings is 1. The summed E-state index contributed by atoms with van der Waals surface area (Å²) < 4.78 is 6.44. The number of amides is 1. The Bertz CT molecular complexity index is 287. The number of carbonyl (C=O) groups excluding carboxylic acids is 1. The lowest BCUT2D eigenvalue weighted by atomic mass is 10.3. The molecule has 14 heavy (non-hydrogen) atoms. The second kappa shape index (κ2) is 5.65. The minimum Gasteiger partial charge on any atom is -0.492 e. The standard InChI is InChI=1S/C10H12BrNO2/c1-12(8-13)6-7-14-10-4-2-9(11)3-5-10/h2-5,8H,6-7H2,1H3. The largest absolute Gasteiger partial charge is 0.492 e. The minimum atomic E-state index is 0.511. The van der Waals surface area contributed by atoms with Gasteiger partial charge < -0.3 is 9.64 Å². The van der Waals surface area contributed by atoms with E-state index in [9.17, 15) is 4.79 Å². The van der Waals surface area contributed by atoms with E-state index in [-0.39, 0.29) is 0 Å². The molecule has 0 aliphatic rings. The van der Waals surface area contributed by atoms with Crippen LogP contribution in [0.2, 0.25) is 0 Å². The molecule has 0 fully saturated rings. The van der Waals surface area contributed by atoms with E-state index in [1.54, 1.807) is 11.9 Å². The van der Waals surface area contributed by atoms with E-state index in [2.05, 4.69) is 15.9 Å². The predicted molar refractivity (Wildman–Crippen MR) is 58.3 cm³/mol. The van der Waals surface area contributed by atoms with Crippen LogP contribution >= 0.6 is 15.9 Å². The number of hydrogen-bond acceptors (Lipinski definition) is 2. The maximum absolute atomic E-state index is 10.3. The van der Waals surface area contributed by atoms with Gasteiger partial charge in [0.25, 0.3) is 0 Å². The van der Waals surface area contributed by atoms with Gasteiger partial charge in [-0.1, -0.05) is 15.9 Å². The van der Waals surface area contributed by atoms with Crippen molar-refractivity contribution >= 4 is 22.3 Å². The average Bonchev–Trinajstić information content (AvgIpc) is 2.21. The Hall–Kier alpha value is -1.03. The Balaban J connectivity index is 2.31. The summed E-state index contributed by atoms with van der Waals surface area (Å²) in [6.45, 7) is 1.11. The number of carbonyl (C=O) groups is 1. The first-order valence-corrected chi connectivity index (χ1v) is 5.05. The van der Waals surface area contributed by atoms with Gasteiger partial charge in [0.2, 0.25) is 6.41 Å². The molecule has 0 N–H and O–H groups in total. The van der Waals surface area contributed by atoms with Gasteiger partial charge in [0, 0.05) is 11.5 Å². The van der Waals surface area contributed by atoms with E-state index in [1.165, 1.54) is 0 Å². The van der Waals surface area contributed by atoms with E-state index in [0.29, 0.717) is 13.2 Å². The van der Waals surface area contributed by atoms with Crippen LogP contribution in [0.25, 0.3) is 0 Å². The van der Waals surface area contributed by atoms with Crippen LogP contribution in [0.4, 0.5) is 0 Å². The first-order valence-electron chi connectivity index (χ1n) is 4.26. The van der Waals surface area contributed by atoms with Crippen molar-refractivity contribution in [1.82, 2.24) is 4.90 Å². The molecule has 0 bridgehead atoms. The normalized spacial score (nSPS) is 9.57. The molecule has 1 rings (SSSR count). The minimum absolute atomic E-state index is 0.511. The Morgan fingerprint density at radius 3 is 2.64 bits per heavy atom. The predicted octanol–water partition coefficient (Wildman–Crippen LogP) is 1.92. The van der Waals surface area contributed by atoms with Gasteiger partial charge in [-0.05, 0) is 24.3 Å². The number of nitrogens with zero attached hydrogens (tertiary/aromatic N) is 1. The van der Waals surface area contributed by atoms with Crippen molar-refractivity contribution < 1.29 is 9.53 Å². The fourth-order valence-corrected chi connectivity index (χ4v) is 1.16. The van der Waals surface area contributed by atoms with E-state index < -0.39 is 0 Å². The quantitative estimate of drug-likeness (QED) is 0.755. The molecule has 0 heterocycles. The Kier molecular flexibility index (Phi) is 4.46. The third kappa shape index (κ3) is 3.79. The van der Waals surface area contributed by atoms with E-state index in [1.807, 2.05) is 24.3 Å². The maximum Gasteiger partial charge on any atom is 0.209 e. The maximum atomic E-state index is 10.3. The molecule has 76 valence electrons. The molecule has 0 radical (unpaired) electrons. The summed E-state index contributed by atoms with van der Waals surface area (Å²) in [4.78, 5) is 11.8. The SMILES string of the molecule is CN(C=O)CCOc1ccc(Br)cc1. The summed E-state index contributed by atoms with van der Waals surface area (Å²) in [6.07, 6.45) is 0.783. The van der Waals surface area contributed by atoms with Gasteiger partial charge in [-0.15, -0.1) is 0 Å². The summed E-state index contributed by atoms with van der Waals surface area (Å²) in [5.74, 6) is 0.812. The molecular weight excluding hydrogens is 246 g/mol. The highest BCUT2D eigenvalue weighted by atomic mass is 79.9. The van der Waals surface area contributed by atoms with Crippen LogP contribution < -0.4 is 4.74 Å². The van der Waals surface area contributed by atoms with Crippen LogP contribution in [0, 0.1) is 0 Å². The van der Waals surface area contributed by atoms with Gasteiger partial charge in [-0.3, -0.25) is 4.79 Å². The number of halogens is 1. The molecule has 1 aromatic carbocycles. The first kappa shape index (κ1) is 11.0. The zero-order chi connectivity index (χ0) is 10.4. The monoisotopic (exact) mass is 257 g/mol. The Morgan fingerprint density at radius 2 is 2.07 bits per heavy atom. The van der Waals surface area contributed by atoms with Crippen LogP contribution in [0.1, 0.15) is 0 Å². The highest BCUT2D eigenvalue weighted by molar-refractivity contribution is 9.10. The zero-order valence-corrected chi connectivity index (χ0v) is 9.53. The summed E-state index contributed by atoms with van der Waals surface area (Å²) in [7, 11) is 1.72. The van der Waals surface area contributed by atoms with Crippen molar-refractivity contribution in [3.8, 4) is 5.75 Å². The molecule has 0 aliphatic carbocycles. The zero-order valence-electron chi connectivity index (χ0n) is 7.94. The highest BCUT2D eigenvalue weighted by Gasteiger charge is 1.95. The molecule has 0 saturated carbocycles. The fourth-order valence-electron chi connectivity index (χ4n) is 0.891. The molecule has 0 aromatic heterocycles. The smallest absolute Gasteiger partial charge is 0.209 e. The van der Waals surface area contributed by atoms with Crippen LogP contribution in [0.15, 0.2) is 28.7 Å². The lowest BCUT2D eigenvalue weighted by Crippen LogP contribution is -2.22. The molecule has 3 nitrogen and oxygen atoms in total. The number of hydrogen-bond donors (Lipinski definition) is 0. The van der Waals surface area contributed by atoms with Gasteiger partial charge in [0.15, 0.2) is 0 Å². The van der Waals surface area contributed by atoms with Crippen molar-refractivity contribution in [3.05, 3.63) is 28.7 Å². The van der Waals surface area contributed by atoms with Crippen LogP contribution in [-0.4, -0.2) is 31.5 Å². The summed E-state index contributed by atoms with van der Waals surface area (Å²) in [5, 5.41) is 0. The third-order valence-corrected chi connectivity index (χ3v) is 2.23. The molecule has 0 unspecified atom stereocenters. The summed E-state index contributed by atoms with van der Waals surface area (Å²) in [5.41, 5.74) is 0. The Morgan fingerprint density at radius 1 is 1.43 bits per heavy atom.